The third kappa shape index (κ3) is 3.47. The molecule has 4 heterocycles. The van der Waals surface area contributed by atoms with E-state index in [0.29, 0.717) is 23.9 Å². The first-order chi connectivity index (χ1) is 12.6. The Labute approximate surface area is 161 Å². The molecule has 26 heavy (non-hydrogen) atoms. The topological polar surface area (TPSA) is 92.5 Å². The van der Waals surface area contributed by atoms with Crippen molar-refractivity contribution in [2.45, 2.75) is 12.8 Å². The minimum atomic E-state index is -0.186. The third-order valence-electron chi connectivity index (χ3n) is 4.28. The highest BCUT2D eigenvalue weighted by Gasteiger charge is 2.27. The molecule has 0 atom stereocenters. The van der Waals surface area contributed by atoms with Gasteiger partial charge in [-0.1, -0.05) is 11.3 Å². The minimum absolute atomic E-state index is 0.0124. The normalized spacial score (nSPS) is 15.3. The molecule has 1 fully saturated rings. The van der Waals surface area contributed by atoms with Crippen molar-refractivity contribution in [3.63, 3.8) is 0 Å². The second kappa shape index (κ2) is 7.12. The van der Waals surface area contributed by atoms with Gasteiger partial charge in [0, 0.05) is 41.9 Å². The standard InChI is InChI=1S/C16H15BrN6O2S/c17-11-1-2-12(19-9-11)20-14(25)10-4-7-22(8-5-10)16-21-23-13(24)3-6-18-15(23)26-16/h1-3,6,9-10H,4-5,7-8H2,(H,19,20,25). The van der Waals surface area contributed by atoms with Crippen molar-refractivity contribution in [1.29, 1.82) is 0 Å². The van der Waals surface area contributed by atoms with Gasteiger partial charge in [0.25, 0.3) is 5.56 Å². The Hall–Kier alpha value is -2.33. The molecular weight excluding hydrogens is 420 g/mol. The van der Waals surface area contributed by atoms with Gasteiger partial charge in [0.1, 0.15) is 5.82 Å². The number of rotatable bonds is 3. The Morgan fingerprint density at radius 1 is 1.23 bits per heavy atom. The molecule has 1 aliphatic rings. The number of anilines is 2. The highest BCUT2D eigenvalue weighted by atomic mass is 79.9. The summed E-state index contributed by atoms with van der Waals surface area (Å²) in [6.45, 7) is 1.42. The fraction of sp³-hybridized carbons (Fsp3) is 0.312. The third-order valence-corrected chi connectivity index (χ3v) is 5.73. The number of carbonyl (C=O) groups is 1. The molecule has 0 aliphatic carbocycles. The first-order valence-corrected chi connectivity index (χ1v) is 9.73. The lowest BCUT2D eigenvalue weighted by atomic mass is 9.96. The van der Waals surface area contributed by atoms with Crippen molar-refractivity contribution < 1.29 is 4.79 Å². The van der Waals surface area contributed by atoms with Gasteiger partial charge in [-0.05, 0) is 40.9 Å². The van der Waals surface area contributed by atoms with E-state index in [4.69, 9.17) is 0 Å². The molecule has 1 aliphatic heterocycles. The van der Waals surface area contributed by atoms with Gasteiger partial charge in [-0.3, -0.25) is 9.59 Å². The van der Waals surface area contributed by atoms with Crippen LogP contribution in [-0.2, 0) is 4.79 Å². The molecule has 3 aromatic rings. The summed E-state index contributed by atoms with van der Waals surface area (Å²) >= 11 is 4.71. The second-order valence-corrected chi connectivity index (χ2v) is 7.82. The zero-order valence-electron chi connectivity index (χ0n) is 13.6. The zero-order chi connectivity index (χ0) is 18.1. The molecular formula is C16H15BrN6O2S. The van der Waals surface area contributed by atoms with E-state index in [2.05, 4.69) is 41.2 Å². The molecule has 1 N–H and O–H groups in total. The first-order valence-electron chi connectivity index (χ1n) is 8.12. The first kappa shape index (κ1) is 17.1. The van der Waals surface area contributed by atoms with E-state index in [1.807, 2.05) is 6.07 Å². The van der Waals surface area contributed by atoms with Gasteiger partial charge < -0.3 is 10.2 Å². The Morgan fingerprint density at radius 3 is 2.73 bits per heavy atom. The molecule has 4 rings (SSSR count). The van der Waals surface area contributed by atoms with Crippen LogP contribution in [0.5, 0.6) is 0 Å². The van der Waals surface area contributed by atoms with E-state index in [1.165, 1.54) is 28.1 Å². The number of aromatic nitrogens is 4. The fourth-order valence-corrected chi connectivity index (χ4v) is 4.04. The van der Waals surface area contributed by atoms with Crippen LogP contribution in [0.3, 0.4) is 0 Å². The predicted molar refractivity (Wildman–Crippen MR) is 103 cm³/mol. The summed E-state index contributed by atoms with van der Waals surface area (Å²) < 4.78 is 2.19. The van der Waals surface area contributed by atoms with E-state index in [1.54, 1.807) is 12.3 Å². The highest BCUT2D eigenvalue weighted by Crippen LogP contribution is 2.27. The number of nitrogens with one attached hydrogen (secondary N) is 1. The molecule has 1 saturated heterocycles. The quantitative estimate of drug-likeness (QED) is 0.678. The molecule has 10 heteroatoms. The molecule has 0 aromatic carbocycles. The van der Waals surface area contributed by atoms with Gasteiger partial charge >= 0.3 is 0 Å². The SMILES string of the molecule is O=C(Nc1ccc(Br)cn1)C1CCN(c2nn3c(=O)ccnc3s2)CC1. The van der Waals surface area contributed by atoms with Gasteiger partial charge in [0.2, 0.25) is 16.0 Å². The molecule has 0 radical (unpaired) electrons. The van der Waals surface area contributed by atoms with Crippen molar-refractivity contribution in [3.05, 3.63) is 45.4 Å². The molecule has 8 nitrogen and oxygen atoms in total. The summed E-state index contributed by atoms with van der Waals surface area (Å²) in [7, 11) is 0. The Bertz CT molecular complexity index is 994. The molecule has 134 valence electrons. The average Bonchev–Trinajstić information content (AvgIpc) is 3.09. The number of hydrogen-bond donors (Lipinski definition) is 1. The van der Waals surface area contributed by atoms with E-state index in [0.717, 1.165) is 22.4 Å². The van der Waals surface area contributed by atoms with Gasteiger partial charge in [0.05, 0.1) is 0 Å². The van der Waals surface area contributed by atoms with Crippen molar-refractivity contribution in [3.8, 4) is 0 Å². The molecule has 0 spiro atoms. The summed E-state index contributed by atoms with van der Waals surface area (Å²) in [5.41, 5.74) is -0.186. The maximum Gasteiger partial charge on any atom is 0.275 e. The summed E-state index contributed by atoms with van der Waals surface area (Å²) in [5, 5.41) is 7.98. The minimum Gasteiger partial charge on any atom is -0.347 e. The van der Waals surface area contributed by atoms with Crippen LogP contribution in [0.2, 0.25) is 0 Å². The number of nitrogens with zero attached hydrogens (tertiary/aromatic N) is 5. The zero-order valence-corrected chi connectivity index (χ0v) is 16.0. The van der Waals surface area contributed by atoms with Crippen LogP contribution in [0.15, 0.2) is 39.9 Å². The summed E-state index contributed by atoms with van der Waals surface area (Å²) in [6, 6.07) is 5.00. The fourth-order valence-electron chi connectivity index (χ4n) is 2.87. The highest BCUT2D eigenvalue weighted by molar-refractivity contribution is 9.10. The smallest absolute Gasteiger partial charge is 0.275 e. The van der Waals surface area contributed by atoms with E-state index >= 15 is 0 Å². The van der Waals surface area contributed by atoms with Crippen LogP contribution < -0.4 is 15.8 Å². The lowest BCUT2D eigenvalue weighted by Crippen LogP contribution is -2.38. The predicted octanol–water partition coefficient (Wildman–Crippen LogP) is 2.16. The lowest BCUT2D eigenvalue weighted by molar-refractivity contribution is -0.120. The van der Waals surface area contributed by atoms with Gasteiger partial charge in [-0.15, -0.1) is 5.10 Å². The summed E-state index contributed by atoms with van der Waals surface area (Å²) in [5.74, 6) is 0.478. The number of hydrogen-bond acceptors (Lipinski definition) is 7. The summed E-state index contributed by atoms with van der Waals surface area (Å²) in [6.07, 6.45) is 4.59. The second-order valence-electron chi connectivity index (χ2n) is 5.97. The maximum atomic E-state index is 12.4. The van der Waals surface area contributed by atoms with Crippen LogP contribution in [0.4, 0.5) is 10.9 Å². The van der Waals surface area contributed by atoms with Crippen LogP contribution >= 0.6 is 27.3 Å². The van der Waals surface area contributed by atoms with Gasteiger partial charge in [0.15, 0.2) is 0 Å². The van der Waals surface area contributed by atoms with E-state index in [9.17, 15) is 9.59 Å². The molecule has 0 saturated carbocycles. The van der Waals surface area contributed by atoms with E-state index < -0.39 is 0 Å². The molecule has 0 unspecified atom stereocenters. The average molecular weight is 435 g/mol. The van der Waals surface area contributed by atoms with Gasteiger partial charge in [-0.25, -0.2) is 9.97 Å². The van der Waals surface area contributed by atoms with Crippen LogP contribution in [0, 0.1) is 5.92 Å². The van der Waals surface area contributed by atoms with E-state index in [-0.39, 0.29) is 17.4 Å². The van der Waals surface area contributed by atoms with Crippen molar-refractivity contribution >= 4 is 49.1 Å². The number of halogens is 1. The molecule has 3 aromatic heterocycles. The Kier molecular flexibility index (Phi) is 4.68. The van der Waals surface area contributed by atoms with Crippen LogP contribution in [-0.4, -0.2) is 38.6 Å². The Morgan fingerprint density at radius 2 is 2.04 bits per heavy atom. The van der Waals surface area contributed by atoms with Crippen molar-refractivity contribution in [2.75, 3.05) is 23.3 Å². The Balaban J connectivity index is 1.40. The molecule has 1 amide bonds. The van der Waals surface area contributed by atoms with Crippen LogP contribution in [0.25, 0.3) is 4.96 Å². The summed E-state index contributed by atoms with van der Waals surface area (Å²) in [4.78, 5) is 35.2. The lowest BCUT2D eigenvalue weighted by Gasteiger charge is -2.30. The maximum absolute atomic E-state index is 12.4. The van der Waals surface area contributed by atoms with Crippen molar-refractivity contribution in [1.82, 2.24) is 19.6 Å². The number of fused-ring (bicyclic) bond motifs is 1. The van der Waals surface area contributed by atoms with Gasteiger partial charge in [-0.2, -0.15) is 4.52 Å². The number of carbonyl (C=O) groups excluding carboxylic acids is 1. The van der Waals surface area contributed by atoms with Crippen LogP contribution in [0.1, 0.15) is 12.8 Å². The number of piperidine rings is 1. The monoisotopic (exact) mass is 434 g/mol. The molecule has 0 bridgehead atoms. The number of pyridine rings is 1. The number of amides is 1. The largest absolute Gasteiger partial charge is 0.347 e. The van der Waals surface area contributed by atoms with Crippen molar-refractivity contribution in [2.24, 2.45) is 5.92 Å².